The van der Waals surface area contributed by atoms with Crippen molar-refractivity contribution in [3.8, 4) is 23.0 Å². The van der Waals surface area contributed by atoms with Gasteiger partial charge >= 0.3 is 0 Å². The number of fused-ring (bicyclic) bond motifs is 1. The van der Waals surface area contributed by atoms with E-state index in [2.05, 4.69) is 5.32 Å². The molecule has 0 radical (unpaired) electrons. The lowest BCUT2D eigenvalue weighted by atomic mass is 10.2. The quantitative estimate of drug-likeness (QED) is 0.918. The SMILES string of the molecule is COc1cccc(OCC(=O)Nc2ccc3c(c2)OCCO3)c1. The van der Waals surface area contributed by atoms with E-state index in [1.807, 2.05) is 6.07 Å². The molecule has 1 heterocycles. The van der Waals surface area contributed by atoms with Crippen LogP contribution in [0.4, 0.5) is 5.69 Å². The monoisotopic (exact) mass is 315 g/mol. The van der Waals surface area contributed by atoms with Crippen LogP contribution >= 0.6 is 0 Å². The van der Waals surface area contributed by atoms with Gasteiger partial charge < -0.3 is 24.3 Å². The average Bonchev–Trinajstić information content (AvgIpc) is 2.60. The fourth-order valence-corrected chi connectivity index (χ4v) is 2.16. The zero-order chi connectivity index (χ0) is 16.1. The molecule has 0 aromatic heterocycles. The normalized spacial score (nSPS) is 12.4. The summed E-state index contributed by atoms with van der Waals surface area (Å²) in [7, 11) is 1.58. The van der Waals surface area contributed by atoms with Gasteiger partial charge in [0.2, 0.25) is 0 Å². The Morgan fingerprint density at radius 1 is 1.09 bits per heavy atom. The minimum atomic E-state index is -0.260. The minimum absolute atomic E-state index is 0.0956. The molecule has 0 spiro atoms. The summed E-state index contributed by atoms with van der Waals surface area (Å²) in [4.78, 5) is 12.0. The van der Waals surface area contributed by atoms with Crippen molar-refractivity contribution in [1.29, 1.82) is 0 Å². The van der Waals surface area contributed by atoms with Crippen LogP contribution in [0, 0.1) is 0 Å². The number of hydrogen-bond acceptors (Lipinski definition) is 5. The smallest absolute Gasteiger partial charge is 0.262 e. The fraction of sp³-hybridized carbons (Fsp3) is 0.235. The highest BCUT2D eigenvalue weighted by atomic mass is 16.6. The number of amides is 1. The molecule has 120 valence electrons. The Balaban J connectivity index is 1.56. The Morgan fingerprint density at radius 2 is 1.87 bits per heavy atom. The largest absolute Gasteiger partial charge is 0.497 e. The zero-order valence-electron chi connectivity index (χ0n) is 12.7. The number of carbonyl (C=O) groups excluding carboxylic acids is 1. The molecule has 0 aliphatic carbocycles. The average molecular weight is 315 g/mol. The Bertz CT molecular complexity index is 701. The third kappa shape index (κ3) is 3.85. The van der Waals surface area contributed by atoms with E-state index >= 15 is 0 Å². The highest BCUT2D eigenvalue weighted by Gasteiger charge is 2.13. The highest BCUT2D eigenvalue weighted by molar-refractivity contribution is 5.92. The second-order valence-electron chi connectivity index (χ2n) is 4.87. The van der Waals surface area contributed by atoms with Gasteiger partial charge in [0.05, 0.1) is 7.11 Å². The first-order chi connectivity index (χ1) is 11.2. The molecule has 1 aliphatic heterocycles. The molecule has 1 N–H and O–H groups in total. The van der Waals surface area contributed by atoms with E-state index in [-0.39, 0.29) is 12.5 Å². The molecule has 3 rings (SSSR count). The molecule has 6 heteroatoms. The molecule has 0 fully saturated rings. The van der Waals surface area contributed by atoms with Gasteiger partial charge in [-0.2, -0.15) is 0 Å². The number of ether oxygens (including phenoxy) is 4. The molecule has 0 saturated carbocycles. The lowest BCUT2D eigenvalue weighted by Gasteiger charge is -2.19. The number of carbonyl (C=O) groups is 1. The predicted octanol–water partition coefficient (Wildman–Crippen LogP) is 2.48. The van der Waals surface area contributed by atoms with Crippen molar-refractivity contribution in [3.05, 3.63) is 42.5 Å². The first-order valence-corrected chi connectivity index (χ1v) is 7.21. The van der Waals surface area contributed by atoms with Crippen LogP contribution in [0.5, 0.6) is 23.0 Å². The van der Waals surface area contributed by atoms with Crippen LogP contribution in [0.25, 0.3) is 0 Å². The van der Waals surface area contributed by atoms with Crippen molar-refractivity contribution >= 4 is 11.6 Å². The topological polar surface area (TPSA) is 66.0 Å². The molecule has 6 nitrogen and oxygen atoms in total. The molecule has 0 saturated heterocycles. The van der Waals surface area contributed by atoms with E-state index in [9.17, 15) is 4.79 Å². The lowest BCUT2D eigenvalue weighted by molar-refractivity contribution is -0.118. The van der Waals surface area contributed by atoms with Crippen molar-refractivity contribution in [2.24, 2.45) is 0 Å². The second-order valence-corrected chi connectivity index (χ2v) is 4.87. The Morgan fingerprint density at radius 3 is 2.70 bits per heavy atom. The second kappa shape index (κ2) is 6.91. The number of rotatable bonds is 5. The van der Waals surface area contributed by atoms with Crippen LogP contribution in [0.3, 0.4) is 0 Å². The molecule has 23 heavy (non-hydrogen) atoms. The van der Waals surface area contributed by atoms with Gasteiger partial charge in [0.25, 0.3) is 5.91 Å². The van der Waals surface area contributed by atoms with Gasteiger partial charge in [0.1, 0.15) is 24.7 Å². The van der Waals surface area contributed by atoms with Crippen LogP contribution in [-0.2, 0) is 4.79 Å². The van der Waals surface area contributed by atoms with Gasteiger partial charge in [0.15, 0.2) is 18.1 Å². The van der Waals surface area contributed by atoms with E-state index in [1.54, 1.807) is 43.5 Å². The van der Waals surface area contributed by atoms with E-state index in [0.717, 1.165) is 0 Å². The van der Waals surface area contributed by atoms with Crippen molar-refractivity contribution in [3.63, 3.8) is 0 Å². The summed E-state index contributed by atoms with van der Waals surface area (Å²) in [6.45, 7) is 0.943. The van der Waals surface area contributed by atoms with Crippen LogP contribution in [0.15, 0.2) is 42.5 Å². The molecule has 1 amide bonds. The molecule has 1 aliphatic rings. The van der Waals surface area contributed by atoms with E-state index in [4.69, 9.17) is 18.9 Å². The van der Waals surface area contributed by atoms with E-state index in [0.29, 0.717) is 41.9 Å². The van der Waals surface area contributed by atoms with Gasteiger partial charge in [-0.05, 0) is 24.3 Å². The first kappa shape index (κ1) is 15.0. The summed E-state index contributed by atoms with van der Waals surface area (Å²) in [5.74, 6) is 2.30. The minimum Gasteiger partial charge on any atom is -0.497 e. The maximum Gasteiger partial charge on any atom is 0.262 e. The summed E-state index contributed by atoms with van der Waals surface area (Å²) in [6, 6.07) is 12.4. The summed E-state index contributed by atoms with van der Waals surface area (Å²) in [5.41, 5.74) is 0.633. The fourth-order valence-electron chi connectivity index (χ4n) is 2.16. The van der Waals surface area contributed by atoms with Gasteiger partial charge in [-0.15, -0.1) is 0 Å². The maximum atomic E-state index is 12.0. The number of benzene rings is 2. The maximum absolute atomic E-state index is 12.0. The molecular weight excluding hydrogens is 298 g/mol. The molecule has 0 unspecified atom stereocenters. The van der Waals surface area contributed by atoms with Crippen LogP contribution in [-0.4, -0.2) is 32.8 Å². The standard InChI is InChI=1S/C17H17NO5/c1-20-13-3-2-4-14(10-13)23-11-17(19)18-12-5-6-15-16(9-12)22-8-7-21-15/h2-6,9-10H,7-8,11H2,1H3,(H,18,19). The summed E-state index contributed by atoms with van der Waals surface area (Å²) >= 11 is 0. The Labute approximate surface area is 133 Å². The molecule has 2 aromatic rings. The summed E-state index contributed by atoms with van der Waals surface area (Å²) < 4.78 is 21.5. The van der Waals surface area contributed by atoms with Gasteiger partial charge in [0, 0.05) is 17.8 Å². The molecular formula is C17H17NO5. The third-order valence-corrected chi connectivity index (χ3v) is 3.24. The number of hydrogen-bond donors (Lipinski definition) is 1. The van der Waals surface area contributed by atoms with E-state index < -0.39 is 0 Å². The summed E-state index contributed by atoms with van der Waals surface area (Å²) in [6.07, 6.45) is 0. The van der Waals surface area contributed by atoms with Crippen LogP contribution in [0.1, 0.15) is 0 Å². The van der Waals surface area contributed by atoms with Crippen molar-refractivity contribution < 1.29 is 23.7 Å². The van der Waals surface area contributed by atoms with Crippen LogP contribution in [0.2, 0.25) is 0 Å². The van der Waals surface area contributed by atoms with Crippen LogP contribution < -0.4 is 24.3 Å². The molecule has 2 aromatic carbocycles. The highest BCUT2D eigenvalue weighted by Crippen LogP contribution is 2.32. The Kier molecular flexibility index (Phi) is 4.52. The van der Waals surface area contributed by atoms with Crippen molar-refractivity contribution in [2.45, 2.75) is 0 Å². The summed E-state index contributed by atoms with van der Waals surface area (Å²) in [5, 5.41) is 2.76. The Hall–Kier alpha value is -2.89. The third-order valence-electron chi connectivity index (χ3n) is 3.24. The molecule has 0 bridgehead atoms. The van der Waals surface area contributed by atoms with Crippen molar-refractivity contribution in [1.82, 2.24) is 0 Å². The van der Waals surface area contributed by atoms with Gasteiger partial charge in [-0.25, -0.2) is 0 Å². The predicted molar refractivity (Wildman–Crippen MR) is 84.6 cm³/mol. The molecule has 0 atom stereocenters. The number of anilines is 1. The van der Waals surface area contributed by atoms with Crippen molar-refractivity contribution in [2.75, 3.05) is 32.2 Å². The van der Waals surface area contributed by atoms with Gasteiger partial charge in [-0.1, -0.05) is 6.07 Å². The number of nitrogens with one attached hydrogen (secondary N) is 1. The first-order valence-electron chi connectivity index (χ1n) is 7.21. The van der Waals surface area contributed by atoms with E-state index in [1.165, 1.54) is 0 Å². The van der Waals surface area contributed by atoms with Gasteiger partial charge in [-0.3, -0.25) is 4.79 Å². The number of methoxy groups -OCH3 is 1. The lowest BCUT2D eigenvalue weighted by Crippen LogP contribution is -2.20. The zero-order valence-corrected chi connectivity index (χ0v) is 12.7.